The van der Waals surface area contributed by atoms with Gasteiger partial charge >= 0.3 is 5.97 Å². The van der Waals surface area contributed by atoms with Crippen molar-refractivity contribution in [2.75, 3.05) is 31.6 Å². The second kappa shape index (κ2) is 7.75. The van der Waals surface area contributed by atoms with E-state index in [2.05, 4.69) is 5.32 Å². The largest absolute Gasteiger partial charge is 0.481 e. The van der Waals surface area contributed by atoms with Crippen LogP contribution in [0.2, 0.25) is 0 Å². The van der Waals surface area contributed by atoms with Gasteiger partial charge in [0.15, 0.2) is 0 Å². The monoisotopic (exact) mass is 292 g/mol. The van der Waals surface area contributed by atoms with Crippen LogP contribution in [0.1, 0.15) is 12.8 Å². The van der Waals surface area contributed by atoms with E-state index in [1.807, 2.05) is 35.2 Å². The summed E-state index contributed by atoms with van der Waals surface area (Å²) >= 11 is 0. The zero-order valence-electron chi connectivity index (χ0n) is 11.8. The third kappa shape index (κ3) is 5.17. The number of carbonyl (C=O) groups excluding carboxylic acids is 1. The Morgan fingerprint density at radius 1 is 1.33 bits per heavy atom. The number of para-hydroxylation sites is 1. The number of ether oxygens (including phenoxy) is 1. The molecule has 1 unspecified atom stereocenters. The second-order valence-electron chi connectivity index (χ2n) is 5.03. The molecular weight excluding hydrogens is 272 g/mol. The first-order valence-electron chi connectivity index (χ1n) is 7.03. The van der Waals surface area contributed by atoms with E-state index < -0.39 is 5.97 Å². The smallest absolute Gasteiger partial charge is 0.305 e. The lowest BCUT2D eigenvalue weighted by Crippen LogP contribution is -2.47. The van der Waals surface area contributed by atoms with E-state index in [0.717, 1.165) is 5.69 Å². The number of carbonyl (C=O) groups is 2. The van der Waals surface area contributed by atoms with Crippen LogP contribution in [0, 0.1) is 0 Å². The summed E-state index contributed by atoms with van der Waals surface area (Å²) in [6.45, 7) is 2.19. The molecule has 21 heavy (non-hydrogen) atoms. The first-order valence-corrected chi connectivity index (χ1v) is 7.03. The molecule has 1 heterocycles. The minimum absolute atomic E-state index is 0.0420. The van der Waals surface area contributed by atoms with E-state index in [9.17, 15) is 9.59 Å². The Kier molecular flexibility index (Phi) is 5.71. The molecule has 1 atom stereocenters. The van der Waals surface area contributed by atoms with Crippen molar-refractivity contribution in [2.45, 2.75) is 18.9 Å². The number of anilines is 1. The predicted molar refractivity (Wildman–Crippen MR) is 78.1 cm³/mol. The van der Waals surface area contributed by atoms with Crippen LogP contribution < -0.4 is 5.32 Å². The highest BCUT2D eigenvalue weighted by molar-refractivity contribution is 5.90. The molecule has 0 aromatic heterocycles. The fraction of sp³-hybridized carbons (Fsp3) is 0.467. The summed E-state index contributed by atoms with van der Waals surface area (Å²) in [6.07, 6.45) is 0.380. The Balaban J connectivity index is 1.80. The number of amides is 1. The number of nitrogens with zero attached hydrogens (tertiary/aromatic N) is 1. The van der Waals surface area contributed by atoms with Crippen LogP contribution >= 0.6 is 0 Å². The van der Waals surface area contributed by atoms with Gasteiger partial charge in [0, 0.05) is 31.2 Å². The van der Waals surface area contributed by atoms with Crippen molar-refractivity contribution < 1.29 is 19.4 Å². The van der Waals surface area contributed by atoms with Crippen LogP contribution in [-0.2, 0) is 14.3 Å². The highest BCUT2D eigenvalue weighted by Gasteiger charge is 2.25. The van der Waals surface area contributed by atoms with Gasteiger partial charge in [0.2, 0.25) is 5.91 Å². The van der Waals surface area contributed by atoms with E-state index in [1.165, 1.54) is 0 Å². The molecule has 6 heteroatoms. The maximum absolute atomic E-state index is 11.9. The fourth-order valence-electron chi connectivity index (χ4n) is 2.36. The Labute approximate surface area is 123 Å². The molecule has 1 aliphatic heterocycles. The van der Waals surface area contributed by atoms with Crippen LogP contribution in [0.4, 0.5) is 5.69 Å². The first-order chi connectivity index (χ1) is 10.1. The van der Waals surface area contributed by atoms with Crippen molar-refractivity contribution in [3.8, 4) is 0 Å². The van der Waals surface area contributed by atoms with Gasteiger partial charge in [-0.3, -0.25) is 14.5 Å². The lowest BCUT2D eigenvalue weighted by Gasteiger charge is -2.34. The van der Waals surface area contributed by atoms with E-state index in [4.69, 9.17) is 9.84 Å². The number of hydrogen-bond donors (Lipinski definition) is 2. The number of hydrogen-bond acceptors (Lipinski definition) is 4. The van der Waals surface area contributed by atoms with Crippen LogP contribution in [0.25, 0.3) is 0 Å². The molecule has 0 spiro atoms. The third-order valence-corrected chi connectivity index (χ3v) is 3.44. The Hall–Kier alpha value is -1.92. The Morgan fingerprint density at radius 2 is 2.10 bits per heavy atom. The molecule has 2 rings (SSSR count). The van der Waals surface area contributed by atoms with Gasteiger partial charge in [-0.25, -0.2) is 0 Å². The maximum atomic E-state index is 11.9. The Morgan fingerprint density at radius 3 is 2.81 bits per heavy atom. The van der Waals surface area contributed by atoms with Crippen molar-refractivity contribution in [2.24, 2.45) is 0 Å². The quantitative estimate of drug-likeness (QED) is 0.823. The number of rotatable bonds is 6. The predicted octanol–water partition coefficient (Wildman–Crippen LogP) is 1.19. The highest BCUT2D eigenvalue weighted by Crippen LogP contribution is 2.12. The molecule has 1 aromatic rings. The zero-order valence-corrected chi connectivity index (χ0v) is 11.8. The molecule has 6 nitrogen and oxygen atoms in total. The van der Waals surface area contributed by atoms with Crippen LogP contribution in [0.3, 0.4) is 0 Å². The van der Waals surface area contributed by atoms with Gasteiger partial charge in [0.25, 0.3) is 0 Å². The minimum atomic E-state index is -0.843. The summed E-state index contributed by atoms with van der Waals surface area (Å²) in [6, 6.07) is 9.13. The summed E-state index contributed by atoms with van der Waals surface area (Å²) in [5, 5.41) is 11.7. The lowest BCUT2D eigenvalue weighted by atomic mass is 10.1. The first kappa shape index (κ1) is 15.5. The van der Waals surface area contributed by atoms with E-state index in [-0.39, 0.29) is 18.4 Å². The second-order valence-corrected chi connectivity index (χ2v) is 5.03. The normalized spacial score (nSPS) is 19.1. The lowest BCUT2D eigenvalue weighted by molar-refractivity contribution is -0.140. The summed E-state index contributed by atoms with van der Waals surface area (Å²) in [7, 11) is 0. The molecule has 1 aromatic carbocycles. The number of morpholine rings is 1. The molecule has 0 aliphatic carbocycles. The number of aliphatic carboxylic acids is 1. The van der Waals surface area contributed by atoms with Gasteiger partial charge in [-0.15, -0.1) is 0 Å². The van der Waals surface area contributed by atoms with Crippen molar-refractivity contribution in [3.63, 3.8) is 0 Å². The standard InChI is InChI=1S/C15H20N2O4/c18-14(16-12-4-2-1-3-5-12)6-7-17-8-9-21-11-13(17)10-15(19)20/h1-5,13H,6-11H2,(H,16,18)(H,19,20). The molecule has 2 N–H and O–H groups in total. The molecular formula is C15H20N2O4. The van der Waals surface area contributed by atoms with Crippen LogP contribution in [0.15, 0.2) is 30.3 Å². The molecule has 0 saturated carbocycles. The number of carboxylic acid groups (broad SMARTS) is 1. The topological polar surface area (TPSA) is 78.9 Å². The van der Waals surface area contributed by atoms with Gasteiger partial charge in [-0.2, -0.15) is 0 Å². The number of carboxylic acids is 1. The zero-order chi connectivity index (χ0) is 15.1. The van der Waals surface area contributed by atoms with Crippen molar-refractivity contribution >= 4 is 17.6 Å². The minimum Gasteiger partial charge on any atom is -0.481 e. The number of nitrogens with one attached hydrogen (secondary N) is 1. The molecule has 1 fully saturated rings. The summed E-state index contributed by atoms with van der Waals surface area (Å²) in [5.74, 6) is -0.911. The summed E-state index contributed by atoms with van der Waals surface area (Å²) < 4.78 is 5.31. The average molecular weight is 292 g/mol. The van der Waals surface area contributed by atoms with Crippen LogP contribution in [0.5, 0.6) is 0 Å². The van der Waals surface area contributed by atoms with Crippen molar-refractivity contribution in [3.05, 3.63) is 30.3 Å². The van der Waals surface area contributed by atoms with Gasteiger partial charge in [-0.05, 0) is 12.1 Å². The fourth-order valence-corrected chi connectivity index (χ4v) is 2.36. The van der Waals surface area contributed by atoms with Gasteiger partial charge < -0.3 is 15.2 Å². The molecule has 1 aliphatic rings. The summed E-state index contributed by atoms with van der Waals surface area (Å²) in [5.41, 5.74) is 0.770. The molecule has 0 radical (unpaired) electrons. The average Bonchev–Trinajstić information content (AvgIpc) is 2.47. The highest BCUT2D eigenvalue weighted by atomic mass is 16.5. The van der Waals surface area contributed by atoms with Gasteiger partial charge in [0.1, 0.15) is 0 Å². The number of benzene rings is 1. The molecule has 114 valence electrons. The van der Waals surface area contributed by atoms with Crippen LogP contribution in [-0.4, -0.2) is 54.2 Å². The molecule has 1 saturated heterocycles. The summed E-state index contributed by atoms with van der Waals surface area (Å²) in [4.78, 5) is 24.7. The Bertz CT molecular complexity index is 478. The van der Waals surface area contributed by atoms with Gasteiger partial charge in [-0.1, -0.05) is 18.2 Å². The van der Waals surface area contributed by atoms with E-state index in [1.54, 1.807) is 0 Å². The maximum Gasteiger partial charge on any atom is 0.305 e. The van der Waals surface area contributed by atoms with Crippen molar-refractivity contribution in [1.29, 1.82) is 0 Å². The molecule has 0 bridgehead atoms. The van der Waals surface area contributed by atoms with Crippen molar-refractivity contribution in [1.82, 2.24) is 4.90 Å². The SMILES string of the molecule is O=C(O)CC1COCCN1CCC(=O)Nc1ccccc1. The molecule has 1 amide bonds. The third-order valence-electron chi connectivity index (χ3n) is 3.44. The van der Waals surface area contributed by atoms with E-state index in [0.29, 0.717) is 32.7 Å². The van der Waals surface area contributed by atoms with E-state index >= 15 is 0 Å². The van der Waals surface area contributed by atoms with Gasteiger partial charge in [0.05, 0.1) is 19.6 Å².